The second-order valence-electron chi connectivity index (χ2n) is 22.0. The smallest absolute Gasteiger partial charge is 0.335 e. The van der Waals surface area contributed by atoms with Crippen LogP contribution in [0.2, 0.25) is 0 Å². The van der Waals surface area contributed by atoms with Gasteiger partial charge in [-0.25, -0.2) is 29.5 Å². The minimum Gasteiger partial charge on any atom is -0.478 e. The highest BCUT2D eigenvalue weighted by Crippen LogP contribution is 2.41. The summed E-state index contributed by atoms with van der Waals surface area (Å²) >= 11 is 0. The van der Waals surface area contributed by atoms with Gasteiger partial charge < -0.3 is 41.0 Å². The monoisotopic (exact) mass is 1020 g/mol. The summed E-state index contributed by atoms with van der Waals surface area (Å²) in [5.41, 5.74) is 20.7. The topological polar surface area (TPSA) is 203 Å². The third kappa shape index (κ3) is 15.4. The quantitative estimate of drug-likeness (QED) is 0.106. The van der Waals surface area contributed by atoms with Crippen molar-refractivity contribution in [1.29, 1.82) is 0 Å². The Labute approximate surface area is 443 Å². The zero-order valence-electron chi connectivity index (χ0n) is 44.0. The van der Waals surface area contributed by atoms with Crippen molar-refractivity contribution < 1.29 is 34.3 Å². The van der Waals surface area contributed by atoms with Crippen LogP contribution in [0.25, 0.3) is 9.69 Å². The normalized spacial score (nSPS) is 20.9. The number of carboxylic acids is 1. The molecular weight excluding hydrogens is 943 g/mol. The summed E-state index contributed by atoms with van der Waals surface area (Å²) in [5.74, 6) is 1.21. The SMILES string of the molecule is C.CC(C)(C)[C@H](N)CO.CC(C)(C)[C@H]1COC(c2ccc(C3=NC4c5ccccc5C[C@H]4O3)cc2)=N1.N[C@H]1c2ccccc2C[C@H]1O.[C-]#[N+]c1ccc(C(=O)O)cc1.[C-]#[N+]c1ccc(C2=N[C@@H](C(C)(C)C)CO2)cc1. The molecule has 0 amide bonds. The number of benzene rings is 5. The molecule has 0 aromatic heterocycles. The van der Waals surface area contributed by atoms with Crippen LogP contribution in [0.5, 0.6) is 0 Å². The molecule has 1 unspecified atom stereocenters. The number of aliphatic hydroxyl groups is 2. The molecule has 3 heterocycles. The average Bonchev–Trinajstić information content (AvgIpc) is 4.24. The lowest BCUT2D eigenvalue weighted by Crippen LogP contribution is -2.37. The molecule has 0 radical (unpaired) electrons. The van der Waals surface area contributed by atoms with Crippen molar-refractivity contribution in [3.8, 4) is 0 Å². The predicted octanol–water partition coefficient (Wildman–Crippen LogP) is 11.3. The summed E-state index contributed by atoms with van der Waals surface area (Å²) in [6.07, 6.45) is 1.39. The van der Waals surface area contributed by atoms with Crippen molar-refractivity contribution in [2.75, 3.05) is 19.8 Å². The molecule has 3 aliphatic heterocycles. The van der Waals surface area contributed by atoms with E-state index in [-0.39, 0.29) is 78.3 Å². The number of carbonyl (C=O) groups is 1. The Morgan fingerprint density at radius 1 is 0.653 bits per heavy atom. The minimum atomic E-state index is -0.971. The first kappa shape index (κ1) is 58.7. The van der Waals surface area contributed by atoms with Crippen molar-refractivity contribution in [3.63, 3.8) is 0 Å². The fourth-order valence-electron chi connectivity index (χ4n) is 8.18. The van der Waals surface area contributed by atoms with Crippen LogP contribution in [0.1, 0.15) is 131 Å². The first-order chi connectivity index (χ1) is 35.0. The highest BCUT2D eigenvalue weighted by molar-refractivity contribution is 5.99. The van der Waals surface area contributed by atoms with Crippen LogP contribution in [0, 0.1) is 29.4 Å². The molecule has 0 fully saturated rings. The van der Waals surface area contributed by atoms with E-state index < -0.39 is 5.97 Å². The molecule has 0 saturated carbocycles. The molecule has 5 aliphatic rings. The van der Waals surface area contributed by atoms with Crippen LogP contribution < -0.4 is 11.5 Å². The fourth-order valence-corrected chi connectivity index (χ4v) is 8.18. The summed E-state index contributed by atoms with van der Waals surface area (Å²) in [5, 5.41) is 26.4. The Bertz CT molecular complexity index is 2880. The molecule has 7 N–H and O–H groups in total. The molecule has 0 saturated heterocycles. The minimum absolute atomic E-state index is 0. The Morgan fingerprint density at radius 2 is 1.08 bits per heavy atom. The number of aliphatic hydroxyl groups excluding tert-OH is 2. The molecule has 5 aromatic carbocycles. The molecule has 7 atom stereocenters. The van der Waals surface area contributed by atoms with E-state index in [0.29, 0.717) is 36.9 Å². The third-order valence-electron chi connectivity index (χ3n) is 13.4. The zero-order chi connectivity index (χ0) is 54.0. The van der Waals surface area contributed by atoms with Crippen LogP contribution in [-0.4, -0.2) is 89.1 Å². The van der Waals surface area contributed by atoms with Crippen molar-refractivity contribution in [2.45, 2.75) is 125 Å². The van der Waals surface area contributed by atoms with E-state index in [1.54, 1.807) is 12.1 Å². The van der Waals surface area contributed by atoms with Crippen molar-refractivity contribution in [3.05, 3.63) is 189 Å². The van der Waals surface area contributed by atoms with Gasteiger partial charge in [0, 0.05) is 35.6 Å². The Morgan fingerprint density at radius 3 is 1.48 bits per heavy atom. The molecule has 396 valence electrons. The standard InChI is InChI=1S/C23H24N2O2.C14H16N2O.C9H11NO.C8H5NO2.C6H15NO.CH4/c1-23(2,3)19-13-26-21(24-19)14-8-10-15(11-9-14)22-25-20-17-7-5-4-6-16(17)12-18(20)27-22;1-14(2,3)12-9-17-13(16-12)10-5-7-11(15-4)8-6-10;10-9-7-4-2-1-3-6(7)5-8(9)11;1-9-7-4-2-6(3-5-7)8(10)11;1-6(2,3)5(7)4-8;/h4-11,18-20H,12-13H2,1-3H3;5-8,12H,9H2,1-3H3;1-4,8-9,11H,5,10H2;2-5H,(H,10,11);5,8H,4,7H2,1-3H3;1H4/t18-,19-,20?;12-;8-,9+;;5-;/m111.1./s1. The van der Waals surface area contributed by atoms with Crippen LogP contribution in [0.3, 0.4) is 0 Å². The van der Waals surface area contributed by atoms with Crippen molar-refractivity contribution >= 4 is 35.0 Å². The molecule has 14 heteroatoms. The number of carboxylic acid groups (broad SMARTS) is 1. The van der Waals surface area contributed by atoms with Crippen molar-refractivity contribution in [1.82, 2.24) is 0 Å². The molecule has 0 bridgehead atoms. The van der Waals surface area contributed by atoms with Gasteiger partial charge in [0.2, 0.25) is 17.7 Å². The number of hydrogen-bond donors (Lipinski definition) is 5. The second-order valence-corrected chi connectivity index (χ2v) is 22.0. The van der Waals surface area contributed by atoms with Gasteiger partial charge in [-0.05, 0) is 62.8 Å². The van der Waals surface area contributed by atoms with Gasteiger partial charge in [-0.3, -0.25) is 0 Å². The summed E-state index contributed by atoms with van der Waals surface area (Å²) in [6, 6.07) is 38.1. The zero-order valence-corrected chi connectivity index (χ0v) is 44.0. The lowest BCUT2D eigenvalue weighted by atomic mass is 9.88. The van der Waals surface area contributed by atoms with Crippen molar-refractivity contribution in [2.24, 2.45) is 42.7 Å². The molecule has 10 rings (SSSR count). The number of ether oxygens (including phenoxy) is 3. The number of aromatic carboxylic acids is 1. The highest BCUT2D eigenvalue weighted by atomic mass is 16.5. The van der Waals surface area contributed by atoms with Crippen LogP contribution in [0.15, 0.2) is 136 Å². The van der Waals surface area contributed by atoms with E-state index in [0.717, 1.165) is 40.5 Å². The fraction of sp³-hybridized carbons (Fsp3) is 0.410. The van der Waals surface area contributed by atoms with Crippen LogP contribution in [0.4, 0.5) is 11.4 Å². The first-order valence-corrected chi connectivity index (χ1v) is 24.9. The number of fused-ring (bicyclic) bond motifs is 4. The Balaban J connectivity index is 0.000000187. The third-order valence-corrected chi connectivity index (χ3v) is 13.4. The highest BCUT2D eigenvalue weighted by Gasteiger charge is 2.39. The van der Waals surface area contributed by atoms with Gasteiger partial charge in [0.25, 0.3) is 0 Å². The van der Waals surface area contributed by atoms with Gasteiger partial charge in [0.1, 0.15) is 25.4 Å². The maximum atomic E-state index is 10.3. The van der Waals surface area contributed by atoms with Gasteiger partial charge in [0.05, 0.1) is 49.5 Å². The van der Waals surface area contributed by atoms with Gasteiger partial charge in [-0.15, -0.1) is 0 Å². The van der Waals surface area contributed by atoms with E-state index >= 15 is 0 Å². The maximum absolute atomic E-state index is 10.3. The Hall–Kier alpha value is -7.20. The molecule has 14 nitrogen and oxygen atoms in total. The van der Waals surface area contributed by atoms with E-state index in [2.05, 4.69) is 92.6 Å². The van der Waals surface area contributed by atoms with E-state index in [1.165, 1.54) is 41.0 Å². The first-order valence-electron chi connectivity index (χ1n) is 24.9. The number of hydrogen-bond acceptors (Lipinski definition) is 11. The van der Waals surface area contributed by atoms with E-state index in [9.17, 15) is 9.90 Å². The molecule has 2 aliphatic carbocycles. The summed E-state index contributed by atoms with van der Waals surface area (Å²) in [6.45, 7) is 34.0. The molecular formula is C61H75N7O7. The Kier molecular flexibility index (Phi) is 19.8. The van der Waals surface area contributed by atoms with Gasteiger partial charge in [-0.1, -0.05) is 167 Å². The largest absolute Gasteiger partial charge is 0.478 e. The summed E-state index contributed by atoms with van der Waals surface area (Å²) < 4.78 is 17.6. The molecule has 75 heavy (non-hydrogen) atoms. The molecule has 0 spiro atoms. The number of aliphatic imine (C=N–C) groups is 3. The van der Waals surface area contributed by atoms with Gasteiger partial charge in [-0.2, -0.15) is 0 Å². The van der Waals surface area contributed by atoms with Crippen LogP contribution >= 0.6 is 0 Å². The lowest BCUT2D eigenvalue weighted by molar-refractivity contribution is 0.0696. The second kappa shape index (κ2) is 25.4. The van der Waals surface area contributed by atoms with E-state index in [1.807, 2.05) is 69.3 Å². The van der Waals surface area contributed by atoms with Gasteiger partial charge in [0.15, 0.2) is 11.4 Å². The number of nitrogens with two attached hydrogens (primary N) is 2. The molecule has 5 aromatic rings. The van der Waals surface area contributed by atoms with Gasteiger partial charge >= 0.3 is 5.97 Å². The average molecular weight is 1020 g/mol. The summed E-state index contributed by atoms with van der Waals surface area (Å²) in [7, 11) is 0. The van der Waals surface area contributed by atoms with E-state index in [4.69, 9.17) is 59.0 Å². The number of rotatable bonds is 5. The predicted molar refractivity (Wildman–Crippen MR) is 299 cm³/mol. The summed E-state index contributed by atoms with van der Waals surface area (Å²) in [4.78, 5) is 31.0. The lowest BCUT2D eigenvalue weighted by Gasteiger charge is -2.24. The maximum Gasteiger partial charge on any atom is 0.335 e. The number of nitrogens with zero attached hydrogens (tertiary/aromatic N) is 5. The van der Waals surface area contributed by atoms with Crippen LogP contribution in [-0.2, 0) is 27.1 Å².